The van der Waals surface area contributed by atoms with Crippen molar-refractivity contribution in [2.75, 3.05) is 14.1 Å². The summed E-state index contributed by atoms with van der Waals surface area (Å²) in [5.41, 5.74) is 3.56. The highest BCUT2D eigenvalue weighted by atomic mass is 16.1. The summed E-state index contributed by atoms with van der Waals surface area (Å²) in [5.74, 6) is -0.118. The molecule has 1 N–H and O–H groups in total. The number of carbonyl (C=O) groups excluding carboxylic acids is 1. The third kappa shape index (κ3) is 3.73. The molecule has 0 aliphatic rings. The van der Waals surface area contributed by atoms with Crippen molar-refractivity contribution >= 4 is 11.6 Å². The van der Waals surface area contributed by atoms with Crippen molar-refractivity contribution in [1.82, 2.24) is 24.8 Å². The van der Waals surface area contributed by atoms with Crippen LogP contribution in [0.1, 0.15) is 21.5 Å². The zero-order valence-corrected chi connectivity index (χ0v) is 13.2. The molecule has 6 nitrogen and oxygen atoms in total. The molecule has 23 heavy (non-hydrogen) atoms. The second kappa shape index (κ2) is 6.58. The Morgan fingerprint density at radius 3 is 2.65 bits per heavy atom. The summed E-state index contributed by atoms with van der Waals surface area (Å²) in [6.07, 6.45) is 3.38. The maximum absolute atomic E-state index is 12.2. The van der Waals surface area contributed by atoms with E-state index < -0.39 is 0 Å². The van der Waals surface area contributed by atoms with Crippen molar-refractivity contribution in [2.45, 2.75) is 13.1 Å². The standard InChI is InChI=1S/C17H19N5O/c1-21(2)11-14-5-3-13(4-6-14)10-18-17(23)15-7-8-22-12-19-20-16(22)9-15/h3-9,12H,10-11H2,1-2H3,(H,18,23). The van der Waals surface area contributed by atoms with Crippen molar-refractivity contribution in [3.8, 4) is 0 Å². The van der Waals surface area contributed by atoms with Crippen LogP contribution in [0.15, 0.2) is 48.9 Å². The van der Waals surface area contributed by atoms with E-state index in [-0.39, 0.29) is 5.91 Å². The molecule has 118 valence electrons. The minimum absolute atomic E-state index is 0.118. The Morgan fingerprint density at radius 2 is 1.91 bits per heavy atom. The van der Waals surface area contributed by atoms with Gasteiger partial charge in [0, 0.05) is 24.8 Å². The van der Waals surface area contributed by atoms with Crippen molar-refractivity contribution in [3.05, 3.63) is 65.6 Å². The normalized spacial score (nSPS) is 11.1. The number of benzene rings is 1. The predicted octanol–water partition coefficient (Wildman–Crippen LogP) is 1.72. The molecule has 3 rings (SSSR count). The molecule has 0 saturated carbocycles. The lowest BCUT2D eigenvalue weighted by Gasteiger charge is -2.10. The summed E-state index contributed by atoms with van der Waals surface area (Å²) < 4.78 is 1.76. The molecule has 0 unspecified atom stereocenters. The Kier molecular flexibility index (Phi) is 4.34. The monoisotopic (exact) mass is 309 g/mol. The molecule has 1 amide bonds. The second-order valence-electron chi connectivity index (χ2n) is 5.75. The zero-order valence-electron chi connectivity index (χ0n) is 13.2. The van der Waals surface area contributed by atoms with Crippen LogP contribution in [0.25, 0.3) is 5.65 Å². The Morgan fingerprint density at radius 1 is 1.17 bits per heavy atom. The summed E-state index contributed by atoms with van der Waals surface area (Å²) in [5, 5.41) is 10.7. The maximum Gasteiger partial charge on any atom is 0.251 e. The van der Waals surface area contributed by atoms with Gasteiger partial charge in [-0.3, -0.25) is 9.20 Å². The van der Waals surface area contributed by atoms with Gasteiger partial charge in [-0.2, -0.15) is 0 Å². The number of nitrogens with one attached hydrogen (secondary N) is 1. The molecular weight excluding hydrogens is 290 g/mol. The van der Waals surface area contributed by atoms with Crippen molar-refractivity contribution in [2.24, 2.45) is 0 Å². The molecule has 0 fully saturated rings. The second-order valence-corrected chi connectivity index (χ2v) is 5.75. The van der Waals surface area contributed by atoms with Gasteiger partial charge < -0.3 is 10.2 Å². The number of carbonyl (C=O) groups is 1. The van der Waals surface area contributed by atoms with Gasteiger partial charge in [0.25, 0.3) is 5.91 Å². The minimum atomic E-state index is -0.118. The van der Waals surface area contributed by atoms with E-state index in [4.69, 9.17) is 0 Å². The average molecular weight is 309 g/mol. The Bertz CT molecular complexity index is 807. The highest BCUT2D eigenvalue weighted by molar-refractivity contribution is 5.94. The number of nitrogens with zero attached hydrogens (tertiary/aromatic N) is 4. The van der Waals surface area contributed by atoms with Gasteiger partial charge in [0.2, 0.25) is 0 Å². The molecule has 0 saturated heterocycles. The van der Waals surface area contributed by atoms with E-state index in [1.807, 2.05) is 26.2 Å². The SMILES string of the molecule is CN(C)Cc1ccc(CNC(=O)c2ccn3cnnc3c2)cc1. The van der Waals surface area contributed by atoms with Gasteiger partial charge in [0.1, 0.15) is 6.33 Å². The molecule has 0 atom stereocenters. The summed E-state index contributed by atoms with van der Waals surface area (Å²) >= 11 is 0. The number of amides is 1. The highest BCUT2D eigenvalue weighted by Gasteiger charge is 2.07. The van der Waals surface area contributed by atoms with Crippen LogP contribution in [-0.4, -0.2) is 39.5 Å². The summed E-state index contributed by atoms with van der Waals surface area (Å²) in [7, 11) is 4.08. The fourth-order valence-electron chi connectivity index (χ4n) is 2.37. The lowest BCUT2D eigenvalue weighted by molar-refractivity contribution is 0.0951. The molecule has 0 aliphatic carbocycles. The van der Waals surface area contributed by atoms with E-state index in [1.165, 1.54) is 5.56 Å². The molecule has 2 heterocycles. The van der Waals surface area contributed by atoms with Gasteiger partial charge in [0.15, 0.2) is 5.65 Å². The molecule has 0 radical (unpaired) electrons. The van der Waals surface area contributed by atoms with Gasteiger partial charge >= 0.3 is 0 Å². The third-order valence-electron chi connectivity index (χ3n) is 3.54. The maximum atomic E-state index is 12.2. The van der Waals surface area contributed by atoms with Gasteiger partial charge in [-0.05, 0) is 37.4 Å². The van der Waals surface area contributed by atoms with Gasteiger partial charge in [-0.1, -0.05) is 24.3 Å². The molecular formula is C17H19N5O. The topological polar surface area (TPSA) is 62.5 Å². The lowest BCUT2D eigenvalue weighted by Crippen LogP contribution is -2.22. The van der Waals surface area contributed by atoms with Crippen LogP contribution < -0.4 is 5.32 Å². The number of pyridine rings is 1. The van der Waals surface area contributed by atoms with Crippen LogP contribution in [0.4, 0.5) is 0 Å². The van der Waals surface area contributed by atoms with Crippen LogP contribution in [0.3, 0.4) is 0 Å². The highest BCUT2D eigenvalue weighted by Crippen LogP contribution is 2.08. The van der Waals surface area contributed by atoms with Crippen LogP contribution in [0.2, 0.25) is 0 Å². The number of hydrogen-bond donors (Lipinski definition) is 1. The number of fused-ring (bicyclic) bond motifs is 1. The van der Waals surface area contributed by atoms with Crippen molar-refractivity contribution < 1.29 is 4.79 Å². The molecule has 2 aromatic heterocycles. The van der Waals surface area contributed by atoms with Crippen molar-refractivity contribution in [3.63, 3.8) is 0 Å². The minimum Gasteiger partial charge on any atom is -0.348 e. The summed E-state index contributed by atoms with van der Waals surface area (Å²) in [4.78, 5) is 14.3. The van der Waals surface area contributed by atoms with E-state index >= 15 is 0 Å². The molecule has 0 spiro atoms. The fourth-order valence-corrected chi connectivity index (χ4v) is 2.37. The van der Waals surface area contributed by atoms with Crippen molar-refractivity contribution in [1.29, 1.82) is 0 Å². The van der Waals surface area contributed by atoms with Gasteiger partial charge in [0.05, 0.1) is 0 Å². The van der Waals surface area contributed by atoms with E-state index in [0.717, 1.165) is 12.1 Å². The summed E-state index contributed by atoms with van der Waals surface area (Å²) in [6, 6.07) is 11.7. The predicted molar refractivity (Wildman–Crippen MR) is 88.0 cm³/mol. The number of hydrogen-bond acceptors (Lipinski definition) is 4. The van der Waals surface area contributed by atoms with Gasteiger partial charge in [-0.15, -0.1) is 10.2 Å². The summed E-state index contributed by atoms with van der Waals surface area (Å²) in [6.45, 7) is 1.41. The van der Waals surface area contributed by atoms with E-state index in [0.29, 0.717) is 17.8 Å². The van der Waals surface area contributed by atoms with E-state index in [2.05, 4.69) is 32.5 Å². The molecule has 6 heteroatoms. The first-order valence-corrected chi connectivity index (χ1v) is 7.42. The van der Waals surface area contributed by atoms with Crippen LogP contribution in [-0.2, 0) is 13.1 Å². The van der Waals surface area contributed by atoms with Gasteiger partial charge in [-0.25, -0.2) is 0 Å². The number of aromatic nitrogens is 3. The van der Waals surface area contributed by atoms with Crippen LogP contribution >= 0.6 is 0 Å². The lowest BCUT2D eigenvalue weighted by atomic mass is 10.1. The molecule has 3 aromatic rings. The molecule has 1 aromatic carbocycles. The first-order chi connectivity index (χ1) is 11.1. The van der Waals surface area contributed by atoms with Crippen LogP contribution in [0.5, 0.6) is 0 Å². The van der Waals surface area contributed by atoms with E-state index in [9.17, 15) is 4.79 Å². The largest absolute Gasteiger partial charge is 0.348 e. The first kappa shape index (κ1) is 15.2. The third-order valence-corrected chi connectivity index (χ3v) is 3.54. The fraction of sp³-hybridized carbons (Fsp3) is 0.235. The Labute approximate surface area is 134 Å². The van der Waals surface area contributed by atoms with E-state index in [1.54, 1.807) is 29.1 Å². The average Bonchev–Trinajstić information content (AvgIpc) is 3.01. The smallest absolute Gasteiger partial charge is 0.251 e. The first-order valence-electron chi connectivity index (χ1n) is 7.42. The molecule has 0 aliphatic heterocycles. The Balaban J connectivity index is 1.61. The van der Waals surface area contributed by atoms with Crippen LogP contribution in [0, 0.1) is 0 Å². The zero-order chi connectivity index (χ0) is 16.2. The Hall–Kier alpha value is -2.73. The quantitative estimate of drug-likeness (QED) is 0.779. The molecule has 0 bridgehead atoms. The number of rotatable bonds is 5.